The predicted octanol–water partition coefficient (Wildman–Crippen LogP) is 0.615. The van der Waals surface area contributed by atoms with Gasteiger partial charge in [-0.1, -0.05) is 6.92 Å². The van der Waals surface area contributed by atoms with Crippen molar-refractivity contribution in [2.45, 2.75) is 51.6 Å². The summed E-state index contributed by atoms with van der Waals surface area (Å²) in [6.07, 6.45) is 6.14. The number of likely N-dealkylation sites (tertiary alicyclic amines) is 1. The topological polar surface area (TPSA) is 82.1 Å². The van der Waals surface area contributed by atoms with E-state index in [9.17, 15) is 14.4 Å². The molecule has 0 aromatic carbocycles. The van der Waals surface area contributed by atoms with E-state index in [1.165, 1.54) is 24.4 Å². The number of aromatic nitrogens is 4. The first kappa shape index (κ1) is 17.4. The molecule has 1 atom stereocenters. The highest BCUT2D eigenvalue weighted by molar-refractivity contribution is 5.77. The van der Waals surface area contributed by atoms with E-state index in [-0.39, 0.29) is 11.5 Å². The summed E-state index contributed by atoms with van der Waals surface area (Å²) in [6.45, 7) is 3.32. The van der Waals surface area contributed by atoms with Crippen LogP contribution in [0.5, 0.6) is 0 Å². The zero-order chi connectivity index (χ0) is 18.1. The minimum Gasteiger partial charge on any atom is -0.340 e. The summed E-state index contributed by atoms with van der Waals surface area (Å²) >= 11 is 0. The second-order valence-corrected chi connectivity index (χ2v) is 6.71. The molecule has 0 unspecified atom stereocenters. The maximum atomic E-state index is 12.6. The van der Waals surface area contributed by atoms with Gasteiger partial charge in [-0.25, -0.2) is 9.78 Å². The molecule has 8 nitrogen and oxygen atoms in total. The lowest BCUT2D eigenvalue weighted by atomic mass is 9.99. The van der Waals surface area contributed by atoms with Gasteiger partial charge in [0.15, 0.2) is 11.2 Å². The molecule has 0 N–H and O–H groups in total. The molecular formula is C17H25N5O3. The Balaban J connectivity index is 1.83. The maximum Gasteiger partial charge on any atom is 0.332 e. The van der Waals surface area contributed by atoms with Crippen LogP contribution >= 0.6 is 0 Å². The van der Waals surface area contributed by atoms with Crippen LogP contribution in [0.15, 0.2) is 15.9 Å². The van der Waals surface area contributed by atoms with E-state index in [1.807, 2.05) is 4.90 Å². The van der Waals surface area contributed by atoms with Gasteiger partial charge in [0, 0.05) is 39.6 Å². The average Bonchev–Trinajstić information content (AvgIpc) is 3.06. The molecule has 0 bridgehead atoms. The first-order chi connectivity index (χ1) is 12.0. The zero-order valence-corrected chi connectivity index (χ0v) is 15.1. The minimum atomic E-state index is -0.405. The van der Waals surface area contributed by atoms with E-state index in [1.54, 1.807) is 11.6 Å². The van der Waals surface area contributed by atoms with Crippen molar-refractivity contribution in [2.75, 3.05) is 6.54 Å². The van der Waals surface area contributed by atoms with E-state index in [4.69, 9.17) is 0 Å². The average molecular weight is 347 g/mol. The Morgan fingerprint density at radius 1 is 1.24 bits per heavy atom. The number of imidazole rings is 1. The molecule has 0 radical (unpaired) electrons. The summed E-state index contributed by atoms with van der Waals surface area (Å²) in [5.41, 5.74) is -0.0709. The summed E-state index contributed by atoms with van der Waals surface area (Å²) in [4.78, 5) is 43.2. The Morgan fingerprint density at radius 2 is 2.00 bits per heavy atom. The number of aryl methyl sites for hydroxylation is 2. The zero-order valence-electron chi connectivity index (χ0n) is 15.1. The van der Waals surface area contributed by atoms with Gasteiger partial charge in [0.25, 0.3) is 5.56 Å². The van der Waals surface area contributed by atoms with E-state index in [2.05, 4.69) is 11.9 Å². The van der Waals surface area contributed by atoms with Crippen LogP contribution in [0, 0.1) is 0 Å². The van der Waals surface area contributed by atoms with Crippen molar-refractivity contribution in [3.63, 3.8) is 0 Å². The number of hydrogen-bond acceptors (Lipinski definition) is 4. The molecule has 1 saturated heterocycles. The lowest BCUT2D eigenvalue weighted by molar-refractivity contribution is -0.135. The van der Waals surface area contributed by atoms with Gasteiger partial charge in [0.2, 0.25) is 5.91 Å². The highest BCUT2D eigenvalue weighted by Gasteiger charge is 2.25. The molecule has 0 saturated carbocycles. The number of fused-ring (bicyclic) bond motifs is 1. The highest BCUT2D eigenvalue weighted by atomic mass is 16.2. The lowest BCUT2D eigenvalue weighted by Crippen LogP contribution is -2.43. The van der Waals surface area contributed by atoms with Gasteiger partial charge >= 0.3 is 5.69 Å². The Labute approximate surface area is 145 Å². The van der Waals surface area contributed by atoms with Crippen LogP contribution in [0.25, 0.3) is 11.2 Å². The van der Waals surface area contributed by atoms with E-state index in [0.717, 1.165) is 30.4 Å². The van der Waals surface area contributed by atoms with Crippen LogP contribution in [-0.4, -0.2) is 42.1 Å². The predicted molar refractivity (Wildman–Crippen MR) is 94.5 cm³/mol. The lowest BCUT2D eigenvalue weighted by Gasteiger charge is -2.35. The van der Waals surface area contributed by atoms with Crippen molar-refractivity contribution in [2.24, 2.45) is 14.1 Å². The molecule has 1 amide bonds. The first-order valence-corrected chi connectivity index (χ1v) is 8.86. The van der Waals surface area contributed by atoms with Crippen LogP contribution in [0.1, 0.15) is 39.0 Å². The van der Waals surface area contributed by atoms with Crippen LogP contribution in [0.2, 0.25) is 0 Å². The SMILES string of the molecule is CC[C@@H]1CCCCN1C(=O)CCn1cnc2c1c(=O)n(C)c(=O)n2C. The maximum absolute atomic E-state index is 12.6. The third-order valence-electron chi connectivity index (χ3n) is 5.20. The third kappa shape index (κ3) is 3.01. The molecule has 136 valence electrons. The molecule has 0 spiro atoms. The standard InChI is InChI=1S/C17H25N5O3/c1-4-12-7-5-6-9-22(12)13(23)8-10-21-11-18-15-14(21)16(24)20(3)17(25)19(15)2/h11-12H,4-10H2,1-3H3/t12-/m1/s1. The van der Waals surface area contributed by atoms with Gasteiger partial charge in [-0.05, 0) is 25.7 Å². The molecular weight excluding hydrogens is 322 g/mol. The van der Waals surface area contributed by atoms with Gasteiger partial charge in [0.05, 0.1) is 6.33 Å². The molecule has 1 aliphatic heterocycles. The van der Waals surface area contributed by atoms with E-state index in [0.29, 0.717) is 30.2 Å². The number of hydrogen-bond donors (Lipinski definition) is 0. The monoisotopic (exact) mass is 347 g/mol. The first-order valence-electron chi connectivity index (χ1n) is 8.86. The van der Waals surface area contributed by atoms with Gasteiger partial charge < -0.3 is 9.47 Å². The second-order valence-electron chi connectivity index (χ2n) is 6.71. The fraction of sp³-hybridized carbons (Fsp3) is 0.647. The van der Waals surface area contributed by atoms with E-state index >= 15 is 0 Å². The quantitative estimate of drug-likeness (QED) is 0.812. The normalized spacial score (nSPS) is 18.0. The smallest absolute Gasteiger partial charge is 0.332 e. The largest absolute Gasteiger partial charge is 0.340 e. The molecule has 2 aromatic rings. The van der Waals surface area contributed by atoms with Crippen molar-refractivity contribution in [1.82, 2.24) is 23.6 Å². The molecule has 1 fully saturated rings. The number of piperidine rings is 1. The van der Waals surface area contributed by atoms with Crippen molar-refractivity contribution >= 4 is 17.1 Å². The Hall–Kier alpha value is -2.38. The summed E-state index contributed by atoms with van der Waals surface area (Å²) in [5.74, 6) is 0.120. The molecule has 3 heterocycles. The van der Waals surface area contributed by atoms with Crippen LogP contribution in [0.4, 0.5) is 0 Å². The van der Waals surface area contributed by atoms with Gasteiger partial charge in [-0.3, -0.25) is 18.7 Å². The van der Waals surface area contributed by atoms with Gasteiger partial charge in [0.1, 0.15) is 0 Å². The number of carbonyl (C=O) groups is 1. The van der Waals surface area contributed by atoms with Crippen LogP contribution in [0.3, 0.4) is 0 Å². The molecule has 1 aliphatic rings. The number of amides is 1. The van der Waals surface area contributed by atoms with Crippen molar-refractivity contribution in [1.29, 1.82) is 0 Å². The fourth-order valence-corrected chi connectivity index (χ4v) is 3.68. The van der Waals surface area contributed by atoms with E-state index < -0.39 is 5.69 Å². The molecule has 25 heavy (non-hydrogen) atoms. The number of carbonyl (C=O) groups excluding carboxylic acids is 1. The molecule has 8 heteroatoms. The summed E-state index contributed by atoms with van der Waals surface area (Å²) in [7, 11) is 3.04. The van der Waals surface area contributed by atoms with Crippen LogP contribution < -0.4 is 11.2 Å². The van der Waals surface area contributed by atoms with Gasteiger partial charge in [-0.15, -0.1) is 0 Å². The Morgan fingerprint density at radius 3 is 2.72 bits per heavy atom. The Kier molecular flexibility index (Phi) is 4.78. The number of nitrogens with zero attached hydrogens (tertiary/aromatic N) is 5. The second kappa shape index (κ2) is 6.85. The summed E-state index contributed by atoms with van der Waals surface area (Å²) in [6, 6.07) is 0.328. The molecule has 2 aromatic heterocycles. The van der Waals surface area contributed by atoms with Gasteiger partial charge in [-0.2, -0.15) is 0 Å². The minimum absolute atomic E-state index is 0.120. The third-order valence-corrected chi connectivity index (χ3v) is 5.20. The van der Waals surface area contributed by atoms with Crippen molar-refractivity contribution in [3.8, 4) is 0 Å². The molecule has 0 aliphatic carbocycles. The van der Waals surface area contributed by atoms with Crippen LogP contribution in [-0.2, 0) is 25.4 Å². The highest BCUT2D eigenvalue weighted by Crippen LogP contribution is 2.20. The Bertz CT molecular complexity index is 907. The fourth-order valence-electron chi connectivity index (χ4n) is 3.68. The summed E-state index contributed by atoms with van der Waals surface area (Å²) in [5, 5.41) is 0. The van der Waals surface area contributed by atoms with Crippen molar-refractivity contribution < 1.29 is 4.79 Å². The number of rotatable bonds is 4. The van der Waals surface area contributed by atoms with Crippen molar-refractivity contribution in [3.05, 3.63) is 27.2 Å². The summed E-state index contributed by atoms with van der Waals surface area (Å²) < 4.78 is 4.10. The molecule has 3 rings (SSSR count).